The highest BCUT2D eigenvalue weighted by Crippen LogP contribution is 2.36. The van der Waals surface area contributed by atoms with Gasteiger partial charge in [-0.2, -0.15) is 0 Å². The third-order valence-corrected chi connectivity index (χ3v) is 4.76. The summed E-state index contributed by atoms with van der Waals surface area (Å²) < 4.78 is 10.5. The van der Waals surface area contributed by atoms with Crippen LogP contribution in [0.5, 0.6) is 5.75 Å². The molecule has 0 amide bonds. The maximum Gasteiger partial charge on any atom is 0.337 e. The predicted molar refractivity (Wildman–Crippen MR) is 125 cm³/mol. The number of rotatable bonds is 6. The minimum absolute atomic E-state index is 0.371. The van der Waals surface area contributed by atoms with Gasteiger partial charge in [0.1, 0.15) is 11.6 Å². The number of fused-ring (bicyclic) bond motifs is 1. The third kappa shape index (κ3) is 4.72. The van der Waals surface area contributed by atoms with E-state index < -0.39 is 0 Å². The first-order valence-corrected chi connectivity index (χ1v) is 9.91. The van der Waals surface area contributed by atoms with Crippen LogP contribution in [0.15, 0.2) is 66.8 Å². The highest BCUT2D eigenvalue weighted by atomic mass is 16.5. The van der Waals surface area contributed by atoms with Crippen molar-refractivity contribution in [1.82, 2.24) is 9.97 Å². The quantitative estimate of drug-likeness (QED) is 0.369. The summed E-state index contributed by atoms with van der Waals surface area (Å²) in [5.74, 6) is 1.000. The van der Waals surface area contributed by atoms with E-state index in [9.17, 15) is 4.79 Å². The molecule has 1 heterocycles. The molecule has 0 saturated carbocycles. The summed E-state index contributed by atoms with van der Waals surface area (Å²) in [4.78, 5) is 21.1. The van der Waals surface area contributed by atoms with Gasteiger partial charge in [0, 0.05) is 22.6 Å². The zero-order chi connectivity index (χ0) is 22.5. The van der Waals surface area contributed by atoms with Crippen LogP contribution in [0.2, 0.25) is 0 Å². The summed E-state index contributed by atoms with van der Waals surface area (Å²) in [7, 11) is 3.00. The van der Waals surface area contributed by atoms with Gasteiger partial charge in [0.25, 0.3) is 0 Å². The van der Waals surface area contributed by atoms with Crippen LogP contribution in [0.4, 0.5) is 0 Å². The molecule has 1 aromatic heterocycles. The highest BCUT2D eigenvalue weighted by Gasteiger charge is 2.15. The topological polar surface area (TPSA) is 61.3 Å². The second-order valence-corrected chi connectivity index (χ2v) is 7.34. The molecular weight excluding hydrogens is 388 g/mol. The molecule has 0 saturated heterocycles. The zero-order valence-corrected chi connectivity index (χ0v) is 18.5. The van der Waals surface area contributed by atoms with Crippen LogP contribution < -0.4 is 4.74 Å². The molecule has 158 valence electrons. The maximum absolute atomic E-state index is 11.8. The van der Waals surface area contributed by atoms with Gasteiger partial charge in [0.05, 0.1) is 31.0 Å². The molecule has 5 nitrogen and oxygen atoms in total. The molecule has 0 atom stereocenters. The summed E-state index contributed by atoms with van der Waals surface area (Å²) in [5, 5.41) is 0.907. The predicted octanol–water partition coefficient (Wildman–Crippen LogP) is 5.94. The lowest BCUT2D eigenvalue weighted by Crippen LogP contribution is -2.01. The minimum Gasteiger partial charge on any atom is -0.496 e. The van der Waals surface area contributed by atoms with Gasteiger partial charge in [-0.1, -0.05) is 42.5 Å². The van der Waals surface area contributed by atoms with E-state index in [2.05, 4.69) is 17.6 Å². The van der Waals surface area contributed by atoms with Crippen molar-refractivity contribution in [3.63, 3.8) is 0 Å². The Morgan fingerprint density at radius 3 is 2.35 bits per heavy atom. The van der Waals surface area contributed by atoms with E-state index in [1.807, 2.05) is 51.1 Å². The first kappa shape index (κ1) is 22.0. The number of hydrogen-bond donors (Lipinski definition) is 0. The first-order valence-electron chi connectivity index (χ1n) is 9.91. The van der Waals surface area contributed by atoms with Crippen molar-refractivity contribution < 1.29 is 14.3 Å². The number of aromatic nitrogens is 2. The van der Waals surface area contributed by atoms with Crippen LogP contribution in [0, 0.1) is 6.92 Å². The van der Waals surface area contributed by atoms with E-state index in [0.717, 1.165) is 38.9 Å². The molecule has 0 spiro atoms. The van der Waals surface area contributed by atoms with Crippen molar-refractivity contribution in [3.8, 4) is 16.9 Å². The fraction of sp³-hybridized carbons (Fsp3) is 0.192. The molecule has 2 aromatic carbocycles. The van der Waals surface area contributed by atoms with E-state index in [0.29, 0.717) is 17.1 Å². The Morgan fingerprint density at radius 2 is 1.77 bits per heavy atom. The van der Waals surface area contributed by atoms with Gasteiger partial charge in [-0.25, -0.2) is 14.8 Å². The number of aryl methyl sites for hydroxylation is 1. The normalized spacial score (nSPS) is 11.2. The monoisotopic (exact) mass is 414 g/mol. The van der Waals surface area contributed by atoms with Crippen LogP contribution in [0.25, 0.3) is 27.6 Å². The lowest BCUT2D eigenvalue weighted by Gasteiger charge is -2.14. The van der Waals surface area contributed by atoms with Crippen molar-refractivity contribution in [2.45, 2.75) is 20.8 Å². The van der Waals surface area contributed by atoms with Crippen molar-refractivity contribution in [2.75, 3.05) is 14.2 Å². The van der Waals surface area contributed by atoms with Gasteiger partial charge in [-0.05, 0) is 44.5 Å². The molecule has 0 unspecified atom stereocenters. The van der Waals surface area contributed by atoms with Crippen LogP contribution in [-0.4, -0.2) is 30.2 Å². The largest absolute Gasteiger partial charge is 0.496 e. The number of methoxy groups -OCH3 is 2. The molecule has 31 heavy (non-hydrogen) atoms. The summed E-state index contributed by atoms with van der Waals surface area (Å²) in [6.45, 7) is 9.82. The SMILES string of the molecule is C=C/C=C(\C=C(C)C)c1nc(C)nc2cc(OC)c(-c3ccc(C(=O)OC)cc3)cc12. The van der Waals surface area contributed by atoms with Crippen molar-refractivity contribution in [3.05, 3.63) is 83.9 Å². The molecule has 0 fully saturated rings. The van der Waals surface area contributed by atoms with Crippen LogP contribution in [0.1, 0.15) is 35.7 Å². The number of carbonyl (C=O) groups excluding carboxylic acids is 1. The van der Waals surface area contributed by atoms with Crippen molar-refractivity contribution in [1.29, 1.82) is 0 Å². The molecule has 3 rings (SSSR count). The fourth-order valence-corrected chi connectivity index (χ4v) is 3.42. The Hall–Kier alpha value is -3.73. The van der Waals surface area contributed by atoms with E-state index >= 15 is 0 Å². The molecule has 3 aromatic rings. The van der Waals surface area contributed by atoms with Gasteiger partial charge in [0.15, 0.2) is 0 Å². The molecule has 0 aliphatic carbocycles. The minimum atomic E-state index is -0.371. The summed E-state index contributed by atoms with van der Waals surface area (Å²) in [6, 6.07) is 11.2. The second kappa shape index (κ2) is 9.39. The zero-order valence-electron chi connectivity index (χ0n) is 18.5. The molecule has 0 radical (unpaired) electrons. The lowest BCUT2D eigenvalue weighted by atomic mass is 9.97. The summed E-state index contributed by atoms with van der Waals surface area (Å²) >= 11 is 0. The summed E-state index contributed by atoms with van der Waals surface area (Å²) in [5.41, 5.74) is 6.03. The number of ether oxygens (including phenoxy) is 2. The van der Waals surface area contributed by atoms with E-state index in [1.54, 1.807) is 25.3 Å². The van der Waals surface area contributed by atoms with Crippen LogP contribution in [0.3, 0.4) is 0 Å². The van der Waals surface area contributed by atoms with Gasteiger partial charge >= 0.3 is 5.97 Å². The number of carbonyl (C=O) groups is 1. The molecule has 0 aliphatic heterocycles. The molecule has 5 heteroatoms. The second-order valence-electron chi connectivity index (χ2n) is 7.34. The number of benzene rings is 2. The number of hydrogen-bond acceptors (Lipinski definition) is 5. The Morgan fingerprint density at radius 1 is 1.06 bits per heavy atom. The van der Waals surface area contributed by atoms with E-state index in [4.69, 9.17) is 14.5 Å². The van der Waals surface area contributed by atoms with Gasteiger partial charge in [-0.15, -0.1) is 0 Å². The Kier molecular flexibility index (Phi) is 6.65. The molecule has 0 bridgehead atoms. The smallest absolute Gasteiger partial charge is 0.337 e. The van der Waals surface area contributed by atoms with Crippen molar-refractivity contribution >= 4 is 22.4 Å². The Balaban J connectivity index is 2.28. The van der Waals surface area contributed by atoms with Crippen LogP contribution >= 0.6 is 0 Å². The molecular formula is C26H26N2O3. The first-order chi connectivity index (χ1) is 14.9. The highest BCUT2D eigenvalue weighted by molar-refractivity contribution is 5.97. The average molecular weight is 415 g/mol. The standard InChI is InChI=1S/C26H26N2O3/c1-7-8-20(13-16(2)3)25-22-14-21(18-9-11-19(12-10-18)26(29)31-6)24(30-5)15-23(22)27-17(4)28-25/h7-15H,1H2,2-6H3/b20-8+. The Labute approximate surface area is 182 Å². The third-order valence-electron chi connectivity index (χ3n) is 4.76. The number of nitrogens with zero attached hydrogens (tertiary/aromatic N) is 2. The van der Waals surface area contributed by atoms with Gasteiger partial charge < -0.3 is 9.47 Å². The Bertz CT molecular complexity index is 1200. The van der Waals surface area contributed by atoms with Gasteiger partial charge in [0.2, 0.25) is 0 Å². The average Bonchev–Trinajstić information content (AvgIpc) is 2.76. The lowest BCUT2D eigenvalue weighted by molar-refractivity contribution is 0.0601. The summed E-state index contributed by atoms with van der Waals surface area (Å²) in [6.07, 6.45) is 5.79. The molecule has 0 aliphatic rings. The number of allylic oxidation sites excluding steroid dienone is 5. The van der Waals surface area contributed by atoms with Crippen LogP contribution in [-0.2, 0) is 4.74 Å². The fourth-order valence-electron chi connectivity index (χ4n) is 3.42. The van der Waals surface area contributed by atoms with E-state index in [-0.39, 0.29) is 5.97 Å². The maximum atomic E-state index is 11.8. The molecule has 0 N–H and O–H groups in total. The number of esters is 1. The van der Waals surface area contributed by atoms with Gasteiger partial charge in [-0.3, -0.25) is 0 Å². The van der Waals surface area contributed by atoms with Crippen molar-refractivity contribution in [2.24, 2.45) is 0 Å². The van der Waals surface area contributed by atoms with E-state index in [1.165, 1.54) is 7.11 Å².